The lowest BCUT2D eigenvalue weighted by atomic mass is 9.49. The van der Waals surface area contributed by atoms with Crippen LogP contribution in [-0.4, -0.2) is 97.6 Å². The normalized spacial score (nSPS) is 20.6. The van der Waals surface area contributed by atoms with Crippen LogP contribution in [0.4, 0.5) is 0 Å². The van der Waals surface area contributed by atoms with Crippen molar-refractivity contribution in [2.45, 2.75) is 131 Å². The van der Waals surface area contributed by atoms with Crippen LogP contribution in [0.15, 0.2) is 141 Å². The molecule has 8 nitrogen and oxygen atoms in total. The van der Waals surface area contributed by atoms with Gasteiger partial charge in [0.05, 0.1) is 22.4 Å². The first-order valence-electron chi connectivity index (χ1n) is 24.9. The van der Waals surface area contributed by atoms with Gasteiger partial charge in [-0.2, -0.15) is 0 Å². The number of benzene rings is 4. The van der Waals surface area contributed by atoms with Gasteiger partial charge in [0.1, 0.15) is 8.67 Å². The second kappa shape index (κ2) is 28.5. The molecule has 0 aliphatic carbocycles. The Balaban J connectivity index is 0.000000193. The second-order valence-electron chi connectivity index (χ2n) is 20.9. The highest BCUT2D eigenvalue weighted by atomic mass is 79.9. The minimum absolute atomic E-state index is 0. The van der Waals surface area contributed by atoms with E-state index in [1.54, 1.807) is 11.3 Å². The van der Waals surface area contributed by atoms with Crippen LogP contribution in [0.25, 0.3) is 11.1 Å². The monoisotopic (exact) mass is 1210 g/mol. The smallest absolute Gasteiger partial charge is 0.405 e. The van der Waals surface area contributed by atoms with Gasteiger partial charge in [-0.15, -0.1) is 22.7 Å². The maximum atomic E-state index is 6.26. The molecule has 2 atom stereocenters. The van der Waals surface area contributed by atoms with E-state index in [0.29, 0.717) is 12.1 Å². The number of halogens is 4. The van der Waals surface area contributed by atoms with Crippen LogP contribution >= 0.6 is 77.7 Å². The van der Waals surface area contributed by atoms with Crippen LogP contribution in [0.2, 0.25) is 8.67 Å². The van der Waals surface area contributed by atoms with Gasteiger partial charge >= 0.3 is 14.0 Å². The number of hydrogen-bond donors (Lipinski definition) is 2. The third-order valence-electron chi connectivity index (χ3n) is 14.3. The molecular weight excluding hydrogens is 1130 g/mol. The van der Waals surface area contributed by atoms with Gasteiger partial charge in [-0.25, -0.2) is 0 Å². The second-order valence-corrected chi connectivity index (χ2v) is 25.7. The van der Waals surface area contributed by atoms with Crippen molar-refractivity contribution in [1.82, 2.24) is 20.4 Å². The van der Waals surface area contributed by atoms with E-state index in [-0.39, 0.29) is 37.3 Å². The Morgan fingerprint density at radius 3 is 1.27 bits per heavy atom. The van der Waals surface area contributed by atoms with Gasteiger partial charge in [-0.05, 0) is 147 Å². The van der Waals surface area contributed by atoms with E-state index in [0.717, 1.165) is 88.4 Å². The Hall–Kier alpha value is -2.37. The van der Waals surface area contributed by atoms with E-state index in [1.807, 2.05) is 72.2 Å². The van der Waals surface area contributed by atoms with E-state index in [9.17, 15) is 0 Å². The van der Waals surface area contributed by atoms with Crippen molar-refractivity contribution in [2.75, 3.05) is 39.3 Å². The lowest BCUT2D eigenvalue weighted by molar-refractivity contribution is 0.00578. The first kappa shape index (κ1) is 62.5. The van der Waals surface area contributed by atoms with Gasteiger partial charge in [0.15, 0.2) is 0 Å². The van der Waals surface area contributed by atoms with E-state index >= 15 is 0 Å². The van der Waals surface area contributed by atoms with E-state index in [2.05, 4.69) is 168 Å². The molecule has 0 amide bonds. The molecule has 6 heterocycles. The van der Waals surface area contributed by atoms with Gasteiger partial charge in [-0.1, -0.05) is 151 Å². The highest BCUT2D eigenvalue weighted by molar-refractivity contribution is 9.10. The highest BCUT2D eigenvalue weighted by Crippen LogP contribution is 2.43. The summed E-state index contributed by atoms with van der Waals surface area (Å²) in [5.74, 6) is 0. The van der Waals surface area contributed by atoms with Gasteiger partial charge in [-0.3, -0.25) is 9.80 Å². The summed E-state index contributed by atoms with van der Waals surface area (Å²) < 4.78 is 27.7. The third-order valence-corrected chi connectivity index (χ3v) is 18.3. The lowest BCUT2D eigenvalue weighted by Gasteiger charge is -2.34. The minimum Gasteiger partial charge on any atom is -0.405 e. The first-order chi connectivity index (χ1) is 34.3. The Kier molecular flexibility index (Phi) is 24.1. The van der Waals surface area contributed by atoms with Crippen LogP contribution in [0.1, 0.15) is 92.5 Å². The number of nitrogens with one attached hydrogen (secondary N) is 2. The summed E-state index contributed by atoms with van der Waals surface area (Å²) in [5, 5.41) is 11.3. The predicted molar refractivity (Wildman–Crippen MR) is 326 cm³/mol. The van der Waals surface area contributed by atoms with Crippen molar-refractivity contribution in [2.24, 2.45) is 0 Å². The van der Waals surface area contributed by atoms with Gasteiger partial charge < -0.3 is 29.3 Å². The molecule has 16 heteroatoms. The van der Waals surface area contributed by atoms with Crippen LogP contribution < -0.4 is 10.6 Å². The topological polar surface area (TPSA) is 67.5 Å². The van der Waals surface area contributed by atoms with Gasteiger partial charge in [0, 0.05) is 79.0 Å². The maximum absolute atomic E-state index is 6.26. The maximum Gasteiger partial charge on any atom is 0.488 e. The summed E-state index contributed by atoms with van der Waals surface area (Å²) >= 11 is 21.7. The van der Waals surface area contributed by atoms with E-state index in [1.165, 1.54) is 39.2 Å². The standard InChI is InChI=1S/C22H23ClN2S.C18H21BrN2.C12H24B2O4.C4H2BrClS.2CH4/c23-22-21(10-13-26-22)19-8-6-18(7-9-19)15-25-12-11-24-20(16-25)14-17-4-2-1-3-5-17;19-17-8-6-16(7-9-17)13-21-11-10-20-18(14-21)12-15-4-2-1-3-5-15;1-9(2)10(3,4)16-13(15-9)14-17-11(5,6)12(7,8)18-14;5-3-1-2-7-4(3)6;;/h1-10,13,20,24H,11-12,14-16H2;1-9,18,20H,10-14H2;1-8H3;1-2H;2*1H4/t20-;18-;;;;/m00..../s1. The average Bonchev–Trinajstić information content (AvgIpc) is 4.07. The number of thiophene rings is 2. The van der Waals surface area contributed by atoms with Crippen molar-refractivity contribution in [3.63, 3.8) is 0 Å². The number of nitrogens with zero attached hydrogens (tertiary/aromatic N) is 2. The predicted octanol–water partition coefficient (Wildman–Crippen LogP) is 15.2. The fourth-order valence-electron chi connectivity index (χ4n) is 8.82. The molecule has 2 aromatic heterocycles. The first-order valence-corrected chi connectivity index (χ1v) is 29.0. The molecule has 2 N–H and O–H groups in total. The van der Waals surface area contributed by atoms with Crippen molar-refractivity contribution in [1.29, 1.82) is 0 Å². The van der Waals surface area contributed by atoms with Crippen LogP contribution in [0.5, 0.6) is 0 Å². The average molecular weight is 1210 g/mol. The molecule has 6 aromatic rings. The molecule has 4 fully saturated rings. The number of rotatable bonds is 10. The molecular formula is C58H78B2Br2Cl2N4O4S2. The van der Waals surface area contributed by atoms with Crippen molar-refractivity contribution in [3.8, 4) is 11.1 Å². The summed E-state index contributed by atoms with van der Waals surface area (Å²) in [6.45, 7) is 24.8. The van der Waals surface area contributed by atoms with Crippen LogP contribution in [-0.2, 0) is 44.5 Å². The van der Waals surface area contributed by atoms with Crippen LogP contribution in [0.3, 0.4) is 0 Å². The van der Waals surface area contributed by atoms with Gasteiger partial charge in [0.2, 0.25) is 0 Å². The van der Waals surface area contributed by atoms with Crippen molar-refractivity contribution in [3.05, 3.63) is 172 Å². The molecule has 400 valence electrons. The summed E-state index contributed by atoms with van der Waals surface area (Å²) in [7, 11) is -0.952. The molecule has 0 saturated carbocycles. The zero-order chi connectivity index (χ0) is 51.5. The summed E-state index contributed by atoms with van der Waals surface area (Å²) in [5.41, 5.74) is 6.46. The molecule has 0 spiro atoms. The molecule has 4 aromatic carbocycles. The zero-order valence-corrected chi connectivity index (χ0v) is 49.3. The lowest BCUT2D eigenvalue weighted by Crippen LogP contribution is -2.51. The molecule has 0 bridgehead atoms. The Bertz CT molecular complexity index is 2490. The zero-order valence-electron chi connectivity index (χ0n) is 42.9. The van der Waals surface area contributed by atoms with E-state index < -0.39 is 14.0 Å². The fourth-order valence-corrected chi connectivity index (χ4v) is 11.4. The Morgan fingerprint density at radius 1 is 0.527 bits per heavy atom. The summed E-state index contributed by atoms with van der Waals surface area (Å²) in [6, 6.07) is 44.1. The van der Waals surface area contributed by atoms with Crippen molar-refractivity contribution < 1.29 is 18.6 Å². The molecule has 0 unspecified atom stereocenters. The molecule has 10 rings (SSSR count). The molecule has 4 saturated heterocycles. The highest BCUT2D eigenvalue weighted by Gasteiger charge is 2.63. The quantitative estimate of drug-likeness (QED) is 0.132. The molecule has 74 heavy (non-hydrogen) atoms. The van der Waals surface area contributed by atoms with Gasteiger partial charge in [0.25, 0.3) is 0 Å². The summed E-state index contributed by atoms with van der Waals surface area (Å²) in [6.07, 6.45) is 2.20. The third kappa shape index (κ3) is 17.8. The molecule has 4 aliphatic heterocycles. The summed E-state index contributed by atoms with van der Waals surface area (Å²) in [4.78, 5) is 5.10. The molecule has 0 radical (unpaired) electrons. The van der Waals surface area contributed by atoms with E-state index in [4.69, 9.17) is 41.8 Å². The minimum atomic E-state index is -0.476. The number of hydrogen-bond acceptors (Lipinski definition) is 10. The Labute approximate surface area is 480 Å². The Morgan fingerprint density at radius 2 is 0.919 bits per heavy atom. The van der Waals surface area contributed by atoms with Crippen LogP contribution in [0, 0.1) is 0 Å². The largest absolute Gasteiger partial charge is 0.488 e. The molecule has 4 aliphatic rings. The fraction of sp³-hybridized carbons (Fsp3) is 0.448. The van der Waals surface area contributed by atoms with Crippen molar-refractivity contribution >= 4 is 91.8 Å². The number of piperazine rings is 2. The SMILES string of the molecule is Brc1ccc(CN2CCN[C@@H](Cc3ccccc3)C2)cc1.C.C.CC1(C)OB(B2OC(C)(C)C(C)(C)O2)OC1(C)C.Clc1sccc1-c1ccc(CN2CCN[C@@H](Cc3ccccc3)C2)cc1.Clc1sccc1Br.